The van der Waals surface area contributed by atoms with Crippen LogP contribution in [0.2, 0.25) is 0 Å². The lowest BCUT2D eigenvalue weighted by molar-refractivity contribution is -0.130. The number of sulfonamides is 1. The Labute approximate surface area is 285 Å². The molecule has 0 radical (unpaired) electrons. The lowest BCUT2D eigenvalue weighted by Crippen LogP contribution is -2.56. The second kappa shape index (κ2) is 16.4. The first-order chi connectivity index (χ1) is 22.8. The van der Waals surface area contributed by atoms with Gasteiger partial charge in [-0.25, -0.2) is 18.2 Å². The summed E-state index contributed by atoms with van der Waals surface area (Å²) in [5.74, 6) is -1.03. The summed E-state index contributed by atoms with van der Waals surface area (Å²) in [6.45, 7) is 6.15. The van der Waals surface area contributed by atoms with Crippen LogP contribution in [0, 0.1) is 12.8 Å². The number of primary amides is 1. The summed E-state index contributed by atoms with van der Waals surface area (Å²) >= 11 is 1.47. The topological polar surface area (TPSA) is 175 Å². The molecule has 1 aliphatic heterocycles. The summed E-state index contributed by atoms with van der Waals surface area (Å²) in [6, 6.07) is 12.4. The second-order valence-corrected chi connectivity index (χ2v) is 15.2. The average Bonchev–Trinajstić information content (AvgIpc) is 3.63. The third-order valence-corrected chi connectivity index (χ3v) is 10.6. The van der Waals surface area contributed by atoms with Crippen LogP contribution in [-0.2, 0) is 32.6 Å². The van der Waals surface area contributed by atoms with E-state index in [1.807, 2.05) is 56.5 Å². The Morgan fingerprint density at radius 3 is 2.38 bits per heavy atom. The number of hydrogen-bond donors (Lipinski definition) is 3. The molecule has 2 aromatic carbocycles. The highest BCUT2D eigenvalue weighted by Crippen LogP contribution is 2.23. The Kier molecular flexibility index (Phi) is 12.5. The van der Waals surface area contributed by atoms with Gasteiger partial charge in [0, 0.05) is 31.6 Å². The molecule has 4 N–H and O–H groups in total. The van der Waals surface area contributed by atoms with Crippen LogP contribution in [0.1, 0.15) is 36.5 Å². The third kappa shape index (κ3) is 9.52. The highest BCUT2D eigenvalue weighted by Gasteiger charge is 2.40. The van der Waals surface area contributed by atoms with Gasteiger partial charge in [-0.2, -0.15) is 4.31 Å². The van der Waals surface area contributed by atoms with Crippen molar-refractivity contribution in [3.05, 3.63) is 76.2 Å². The number of ether oxygens (including phenoxy) is 1. The molecule has 0 aliphatic carbocycles. The van der Waals surface area contributed by atoms with E-state index in [0.717, 1.165) is 16.3 Å². The quantitative estimate of drug-likeness (QED) is 0.192. The molecule has 3 atom stereocenters. The highest BCUT2D eigenvalue weighted by molar-refractivity contribution is 7.89. The third-order valence-electron chi connectivity index (χ3n) is 7.97. The fourth-order valence-corrected chi connectivity index (χ4v) is 7.81. The Bertz CT molecular complexity index is 1650. The number of rotatable bonds is 17. The average molecular weight is 701 g/mol. The van der Waals surface area contributed by atoms with Crippen LogP contribution in [0.3, 0.4) is 0 Å². The molecule has 1 fully saturated rings. The minimum Gasteiger partial charge on any atom is -0.497 e. The monoisotopic (exact) mass is 700 g/mol. The zero-order valence-corrected chi connectivity index (χ0v) is 29.2. The van der Waals surface area contributed by atoms with Crippen molar-refractivity contribution in [1.29, 1.82) is 0 Å². The Balaban J connectivity index is 1.58. The number of aliphatic hydroxyl groups is 1. The van der Waals surface area contributed by atoms with Crippen molar-refractivity contribution in [2.24, 2.45) is 11.7 Å². The lowest BCUT2D eigenvalue weighted by Gasteiger charge is -2.33. The SMILES string of the molecule is COc1ccc(S(=O)(=O)N(CC(C)C)C[C@@H](O)[C@H](Cc2ccccc2)NC(=O)C(CC(N)=O)N2CCN(Cc3csc(C)n3)C2=O)cc1. The first-order valence-electron chi connectivity index (χ1n) is 15.7. The van der Waals surface area contributed by atoms with E-state index in [4.69, 9.17) is 10.5 Å². The Morgan fingerprint density at radius 2 is 1.79 bits per heavy atom. The zero-order chi connectivity index (χ0) is 35.0. The summed E-state index contributed by atoms with van der Waals surface area (Å²) in [6.07, 6.45) is -1.65. The number of urea groups is 1. The van der Waals surface area contributed by atoms with E-state index >= 15 is 0 Å². The fourth-order valence-electron chi connectivity index (χ4n) is 5.59. The van der Waals surface area contributed by atoms with E-state index in [1.54, 1.807) is 17.0 Å². The van der Waals surface area contributed by atoms with E-state index in [1.165, 1.54) is 39.8 Å². The molecule has 260 valence electrons. The van der Waals surface area contributed by atoms with Crippen molar-refractivity contribution in [2.45, 2.75) is 63.2 Å². The number of methoxy groups -OCH3 is 1. The fraction of sp³-hybridized carbons (Fsp3) is 0.455. The molecule has 48 heavy (non-hydrogen) atoms. The summed E-state index contributed by atoms with van der Waals surface area (Å²) < 4.78 is 34.0. The molecule has 0 bridgehead atoms. The summed E-state index contributed by atoms with van der Waals surface area (Å²) in [5.41, 5.74) is 7.05. The van der Waals surface area contributed by atoms with Gasteiger partial charge in [-0.1, -0.05) is 44.2 Å². The number of aryl methyl sites for hydroxylation is 1. The Morgan fingerprint density at radius 1 is 1.10 bits per heavy atom. The number of amides is 4. The largest absolute Gasteiger partial charge is 0.497 e. The summed E-state index contributed by atoms with van der Waals surface area (Å²) in [5, 5.41) is 17.2. The van der Waals surface area contributed by atoms with Crippen molar-refractivity contribution in [1.82, 2.24) is 24.4 Å². The number of hydrogen-bond acceptors (Lipinski definition) is 9. The smallest absolute Gasteiger partial charge is 0.321 e. The van der Waals surface area contributed by atoms with E-state index < -0.39 is 52.5 Å². The van der Waals surface area contributed by atoms with Gasteiger partial charge in [-0.3, -0.25) is 9.59 Å². The van der Waals surface area contributed by atoms with Gasteiger partial charge in [0.2, 0.25) is 21.8 Å². The van der Waals surface area contributed by atoms with Crippen LogP contribution in [0.5, 0.6) is 5.75 Å². The summed E-state index contributed by atoms with van der Waals surface area (Å²) in [4.78, 5) is 46.8. The second-order valence-electron chi connectivity index (χ2n) is 12.2. The predicted octanol–water partition coefficient (Wildman–Crippen LogP) is 2.38. The van der Waals surface area contributed by atoms with Crippen LogP contribution in [-0.4, -0.2) is 102 Å². The van der Waals surface area contributed by atoms with Gasteiger partial charge in [0.15, 0.2) is 0 Å². The maximum atomic E-state index is 13.9. The number of nitrogens with one attached hydrogen (secondary N) is 1. The van der Waals surface area contributed by atoms with Crippen LogP contribution in [0.15, 0.2) is 64.9 Å². The molecular formula is C33H44N6O7S2. The number of nitrogens with two attached hydrogens (primary N) is 1. The van der Waals surface area contributed by atoms with Crippen LogP contribution < -0.4 is 15.8 Å². The van der Waals surface area contributed by atoms with Gasteiger partial charge < -0.3 is 30.7 Å². The van der Waals surface area contributed by atoms with Crippen LogP contribution in [0.25, 0.3) is 0 Å². The number of nitrogens with zero attached hydrogens (tertiary/aromatic N) is 4. The van der Waals surface area contributed by atoms with Crippen LogP contribution >= 0.6 is 11.3 Å². The van der Waals surface area contributed by atoms with Gasteiger partial charge in [0.1, 0.15) is 11.8 Å². The van der Waals surface area contributed by atoms with Crippen molar-refractivity contribution in [2.75, 3.05) is 33.3 Å². The van der Waals surface area contributed by atoms with E-state index in [9.17, 15) is 27.9 Å². The molecule has 1 unspecified atom stereocenters. The Hall–Kier alpha value is -4.05. The number of benzene rings is 2. The molecule has 3 aromatic rings. The molecule has 4 amide bonds. The predicted molar refractivity (Wildman–Crippen MR) is 182 cm³/mol. The van der Waals surface area contributed by atoms with Crippen LogP contribution in [0.4, 0.5) is 4.79 Å². The molecule has 13 nitrogen and oxygen atoms in total. The molecule has 0 saturated carbocycles. The molecule has 15 heteroatoms. The van der Waals surface area contributed by atoms with E-state index in [2.05, 4.69) is 10.3 Å². The van der Waals surface area contributed by atoms with Gasteiger partial charge in [-0.15, -0.1) is 11.3 Å². The molecule has 1 aromatic heterocycles. The van der Waals surface area contributed by atoms with E-state index in [-0.39, 0.29) is 43.4 Å². The lowest BCUT2D eigenvalue weighted by atomic mass is 10.00. The molecule has 4 rings (SSSR count). The number of aromatic nitrogens is 1. The molecule has 2 heterocycles. The molecular weight excluding hydrogens is 657 g/mol. The van der Waals surface area contributed by atoms with E-state index in [0.29, 0.717) is 12.3 Å². The first-order valence-corrected chi connectivity index (χ1v) is 18.0. The normalized spacial score (nSPS) is 15.5. The highest BCUT2D eigenvalue weighted by atomic mass is 32.2. The van der Waals surface area contributed by atoms with Gasteiger partial charge in [-0.05, 0) is 49.1 Å². The molecule has 0 spiro atoms. The number of thiazole rings is 1. The minimum absolute atomic E-state index is 0.0335. The standard InChI is InChI=1S/C33H44N6O7S2/c1-22(2)18-38(48(44,45)27-12-10-26(46-4)11-13-27)20-30(40)28(16-24-8-6-5-7-9-24)36-32(42)29(17-31(34)41)39-15-14-37(33(39)43)19-25-21-47-23(3)35-25/h5-13,21-22,28-30,40H,14-20H2,1-4H3,(H2,34,41)(H,36,42)/t28-,29?,30+/m0/s1. The molecule has 1 aliphatic rings. The van der Waals surface area contributed by atoms with Crippen molar-refractivity contribution >= 4 is 39.2 Å². The van der Waals surface area contributed by atoms with Gasteiger partial charge >= 0.3 is 6.03 Å². The van der Waals surface area contributed by atoms with Crippen molar-refractivity contribution < 1.29 is 32.6 Å². The zero-order valence-electron chi connectivity index (χ0n) is 27.6. The van der Waals surface area contributed by atoms with Crippen molar-refractivity contribution in [3.63, 3.8) is 0 Å². The minimum atomic E-state index is -4.05. The maximum absolute atomic E-state index is 13.9. The molecule has 1 saturated heterocycles. The first kappa shape index (κ1) is 36.8. The summed E-state index contributed by atoms with van der Waals surface area (Å²) in [7, 11) is -2.57. The number of aliphatic hydroxyl groups excluding tert-OH is 1. The maximum Gasteiger partial charge on any atom is 0.321 e. The van der Waals surface area contributed by atoms with Crippen molar-refractivity contribution in [3.8, 4) is 5.75 Å². The number of carbonyl (C=O) groups is 3. The number of carbonyl (C=O) groups excluding carboxylic acids is 3. The van der Waals surface area contributed by atoms with Gasteiger partial charge in [0.05, 0.1) is 47.8 Å². The van der Waals surface area contributed by atoms with Gasteiger partial charge in [0.25, 0.3) is 0 Å².